The number of nitrogens with zero attached hydrogens (tertiary/aromatic N) is 6. The standard InChI is InChI=1S/C44H35N11/c45-38-29-33(40-52-43(48-36-17-9-3-10-18-36)55-44(53-40)49-37-19-11-4-12-20-37)28-27-31(38)24-21-30-22-25-32(26-23-30)39-50-41(46-34-13-5-1-6-14-34)54-42(51-39)47-35-15-7-2-8-16-35/h1-29H,45H2,(H2,46,47,50,51,54)(H2,48,49,52,53,55). The third-order valence-electron chi connectivity index (χ3n) is 8.36. The lowest BCUT2D eigenvalue weighted by Gasteiger charge is -2.11. The summed E-state index contributed by atoms with van der Waals surface area (Å²) in [6.07, 6.45) is 4.00. The molecule has 0 aliphatic carbocycles. The lowest BCUT2D eigenvalue weighted by Crippen LogP contribution is -2.05. The molecule has 0 unspecified atom stereocenters. The summed E-state index contributed by atoms with van der Waals surface area (Å²) in [5.74, 6) is 2.69. The second kappa shape index (κ2) is 16.2. The van der Waals surface area contributed by atoms with E-state index in [1.54, 1.807) is 0 Å². The third kappa shape index (κ3) is 8.94. The Bertz CT molecular complexity index is 2410. The molecule has 55 heavy (non-hydrogen) atoms. The Balaban J connectivity index is 1.02. The lowest BCUT2D eigenvalue weighted by molar-refractivity contribution is 1.07. The number of aromatic nitrogens is 6. The maximum absolute atomic E-state index is 6.60. The number of nitrogen functional groups attached to an aromatic ring is 1. The van der Waals surface area contributed by atoms with Crippen molar-refractivity contribution in [2.45, 2.75) is 0 Å². The molecule has 0 saturated heterocycles. The Hall–Kier alpha value is -7.92. The van der Waals surface area contributed by atoms with E-state index in [4.69, 9.17) is 25.7 Å². The van der Waals surface area contributed by atoms with Crippen molar-refractivity contribution in [3.8, 4) is 22.8 Å². The number of rotatable bonds is 12. The van der Waals surface area contributed by atoms with Crippen LogP contribution >= 0.6 is 0 Å². The molecule has 266 valence electrons. The molecule has 8 rings (SSSR count). The van der Waals surface area contributed by atoms with Crippen molar-refractivity contribution in [1.29, 1.82) is 0 Å². The Morgan fingerprint density at radius 3 is 1.11 bits per heavy atom. The molecule has 0 aliphatic rings. The first-order valence-electron chi connectivity index (χ1n) is 17.6. The zero-order valence-electron chi connectivity index (χ0n) is 29.5. The summed E-state index contributed by atoms with van der Waals surface area (Å²) in [7, 11) is 0. The van der Waals surface area contributed by atoms with E-state index in [2.05, 4.69) is 31.2 Å². The first-order chi connectivity index (χ1) is 27.1. The van der Waals surface area contributed by atoms with Crippen LogP contribution in [-0.4, -0.2) is 29.9 Å². The highest BCUT2D eigenvalue weighted by Crippen LogP contribution is 2.27. The molecule has 0 amide bonds. The van der Waals surface area contributed by atoms with E-state index in [-0.39, 0.29) is 0 Å². The van der Waals surface area contributed by atoms with Gasteiger partial charge in [0.2, 0.25) is 23.8 Å². The van der Waals surface area contributed by atoms with E-state index in [0.29, 0.717) is 41.1 Å². The van der Waals surface area contributed by atoms with Crippen LogP contribution in [0, 0.1) is 0 Å². The average Bonchev–Trinajstić information content (AvgIpc) is 3.22. The van der Waals surface area contributed by atoms with Crippen molar-refractivity contribution >= 4 is 64.4 Å². The maximum atomic E-state index is 6.60. The van der Waals surface area contributed by atoms with Gasteiger partial charge >= 0.3 is 0 Å². The van der Waals surface area contributed by atoms with Gasteiger partial charge in [-0.3, -0.25) is 0 Å². The summed E-state index contributed by atoms with van der Waals surface area (Å²) in [4.78, 5) is 28.1. The second-order valence-corrected chi connectivity index (χ2v) is 12.4. The summed E-state index contributed by atoms with van der Waals surface area (Å²) < 4.78 is 0. The third-order valence-corrected chi connectivity index (χ3v) is 8.36. The Kier molecular flexibility index (Phi) is 10.1. The van der Waals surface area contributed by atoms with E-state index in [1.165, 1.54) is 0 Å². The van der Waals surface area contributed by atoms with Gasteiger partial charge in [0.05, 0.1) is 0 Å². The van der Waals surface area contributed by atoms with Crippen LogP contribution in [0.2, 0.25) is 0 Å². The molecule has 6 aromatic carbocycles. The molecule has 2 heterocycles. The van der Waals surface area contributed by atoms with Crippen LogP contribution in [0.5, 0.6) is 0 Å². The molecule has 0 spiro atoms. The van der Waals surface area contributed by atoms with Gasteiger partial charge in [-0.25, -0.2) is 0 Å². The maximum Gasteiger partial charge on any atom is 0.232 e. The van der Waals surface area contributed by atoms with Crippen LogP contribution in [0.1, 0.15) is 11.1 Å². The van der Waals surface area contributed by atoms with Gasteiger partial charge in [-0.1, -0.05) is 121 Å². The molecule has 11 nitrogen and oxygen atoms in total. The normalized spacial score (nSPS) is 10.9. The van der Waals surface area contributed by atoms with Crippen molar-refractivity contribution in [2.75, 3.05) is 27.0 Å². The molecule has 6 N–H and O–H groups in total. The van der Waals surface area contributed by atoms with Crippen LogP contribution in [0.15, 0.2) is 164 Å². The number of anilines is 9. The Morgan fingerprint density at radius 1 is 0.364 bits per heavy atom. The zero-order valence-corrected chi connectivity index (χ0v) is 29.5. The quantitative estimate of drug-likeness (QED) is 0.0606. The monoisotopic (exact) mass is 717 g/mol. The first-order valence-corrected chi connectivity index (χ1v) is 17.6. The highest BCUT2D eigenvalue weighted by atomic mass is 15.2. The van der Waals surface area contributed by atoms with Crippen molar-refractivity contribution < 1.29 is 0 Å². The van der Waals surface area contributed by atoms with Gasteiger partial charge in [0, 0.05) is 39.6 Å². The fourth-order valence-electron chi connectivity index (χ4n) is 5.63. The second-order valence-electron chi connectivity index (χ2n) is 12.4. The van der Waals surface area contributed by atoms with Gasteiger partial charge in [-0.2, -0.15) is 29.9 Å². The smallest absolute Gasteiger partial charge is 0.232 e. The fraction of sp³-hybridized carbons (Fsp3) is 0. The molecule has 2 aromatic heterocycles. The number of para-hydroxylation sites is 4. The Morgan fingerprint density at radius 2 is 0.727 bits per heavy atom. The molecular formula is C44H35N11. The number of hydrogen-bond acceptors (Lipinski definition) is 11. The molecule has 8 aromatic rings. The zero-order chi connectivity index (χ0) is 37.2. The number of nitrogens with two attached hydrogens (primary N) is 1. The number of benzene rings is 6. The number of nitrogens with one attached hydrogen (secondary N) is 4. The largest absolute Gasteiger partial charge is 0.398 e. The van der Waals surface area contributed by atoms with Crippen LogP contribution in [0.4, 0.5) is 52.2 Å². The Labute approximate surface area is 318 Å². The minimum atomic E-state index is 0.408. The van der Waals surface area contributed by atoms with Crippen molar-refractivity contribution in [3.63, 3.8) is 0 Å². The molecular weight excluding hydrogens is 683 g/mol. The van der Waals surface area contributed by atoms with Gasteiger partial charge in [-0.15, -0.1) is 0 Å². The SMILES string of the molecule is Nc1cc(-c2nc(Nc3ccccc3)nc(Nc3ccccc3)n2)ccc1C=Cc1ccc(-c2nc(Nc3ccccc3)nc(Nc3ccccc3)n2)cc1. The van der Waals surface area contributed by atoms with Gasteiger partial charge < -0.3 is 27.0 Å². The van der Waals surface area contributed by atoms with E-state index in [0.717, 1.165) is 45.0 Å². The van der Waals surface area contributed by atoms with E-state index in [1.807, 2.05) is 176 Å². The van der Waals surface area contributed by atoms with Crippen LogP contribution in [0.25, 0.3) is 34.9 Å². The predicted octanol–water partition coefficient (Wildman–Crippen LogP) is 10.1. The lowest BCUT2D eigenvalue weighted by atomic mass is 10.1. The summed E-state index contributed by atoms with van der Waals surface area (Å²) in [6, 6.07) is 52.9. The van der Waals surface area contributed by atoms with E-state index < -0.39 is 0 Å². The minimum Gasteiger partial charge on any atom is -0.398 e. The topological polar surface area (TPSA) is 151 Å². The predicted molar refractivity (Wildman–Crippen MR) is 223 cm³/mol. The van der Waals surface area contributed by atoms with Crippen molar-refractivity contribution in [3.05, 3.63) is 175 Å². The van der Waals surface area contributed by atoms with Gasteiger partial charge in [-0.05, 0) is 65.7 Å². The summed E-state index contributed by atoms with van der Waals surface area (Å²) >= 11 is 0. The van der Waals surface area contributed by atoms with Gasteiger partial charge in [0.25, 0.3) is 0 Å². The molecule has 0 aliphatic heterocycles. The van der Waals surface area contributed by atoms with E-state index >= 15 is 0 Å². The van der Waals surface area contributed by atoms with Crippen LogP contribution in [-0.2, 0) is 0 Å². The van der Waals surface area contributed by atoms with Crippen molar-refractivity contribution in [2.24, 2.45) is 0 Å². The molecule has 0 atom stereocenters. The molecule has 11 heteroatoms. The number of hydrogen-bond donors (Lipinski definition) is 5. The highest BCUT2D eigenvalue weighted by molar-refractivity contribution is 5.79. The first kappa shape index (κ1) is 34.2. The molecule has 0 bridgehead atoms. The van der Waals surface area contributed by atoms with Crippen LogP contribution in [0.3, 0.4) is 0 Å². The molecule has 0 saturated carbocycles. The van der Waals surface area contributed by atoms with Gasteiger partial charge in [0.1, 0.15) is 0 Å². The summed E-state index contributed by atoms with van der Waals surface area (Å²) in [5, 5.41) is 13.1. The highest BCUT2D eigenvalue weighted by Gasteiger charge is 2.13. The average molecular weight is 718 g/mol. The minimum absolute atomic E-state index is 0.408. The molecule has 0 radical (unpaired) electrons. The van der Waals surface area contributed by atoms with Crippen LogP contribution < -0.4 is 27.0 Å². The van der Waals surface area contributed by atoms with Gasteiger partial charge in [0.15, 0.2) is 11.6 Å². The van der Waals surface area contributed by atoms with E-state index in [9.17, 15) is 0 Å². The van der Waals surface area contributed by atoms with Crippen molar-refractivity contribution in [1.82, 2.24) is 29.9 Å². The summed E-state index contributed by atoms with van der Waals surface area (Å²) in [6.45, 7) is 0. The molecule has 0 fully saturated rings. The summed E-state index contributed by atoms with van der Waals surface area (Å²) in [5.41, 5.74) is 14.1. The fourth-order valence-corrected chi connectivity index (χ4v) is 5.63.